The van der Waals surface area contributed by atoms with E-state index in [1.807, 2.05) is 0 Å². The molecule has 1 fully saturated rings. The van der Waals surface area contributed by atoms with E-state index in [1.54, 1.807) is 11.8 Å². The lowest BCUT2D eigenvalue weighted by Gasteiger charge is -2.34. The first kappa shape index (κ1) is 18.9. The molecule has 0 spiro atoms. The second-order valence-corrected chi connectivity index (χ2v) is 6.31. The molecular weight excluding hydrogens is 358 g/mol. The molecule has 1 aliphatic heterocycles. The molecule has 1 atom stereocenters. The highest BCUT2D eigenvalue weighted by molar-refractivity contribution is 5.88. The van der Waals surface area contributed by atoms with Crippen molar-refractivity contribution in [3.05, 3.63) is 47.0 Å². The van der Waals surface area contributed by atoms with Gasteiger partial charge in [-0.05, 0) is 13.0 Å². The van der Waals surface area contributed by atoms with Crippen molar-refractivity contribution < 1.29 is 18.4 Å². The number of carbonyl (C=O) groups excluding carboxylic acids is 2. The molecule has 1 aliphatic rings. The zero-order valence-corrected chi connectivity index (χ0v) is 14.8. The van der Waals surface area contributed by atoms with Crippen LogP contribution in [0.15, 0.2) is 18.2 Å². The second kappa shape index (κ2) is 8.21. The van der Waals surface area contributed by atoms with Crippen LogP contribution in [-0.4, -0.2) is 51.0 Å². The van der Waals surface area contributed by atoms with E-state index in [0.717, 1.165) is 6.07 Å². The number of aromatic nitrogens is 3. The average molecular weight is 378 g/mol. The van der Waals surface area contributed by atoms with Gasteiger partial charge in [0.2, 0.25) is 11.8 Å². The summed E-state index contributed by atoms with van der Waals surface area (Å²) >= 11 is 0. The molecule has 144 valence electrons. The van der Waals surface area contributed by atoms with Crippen molar-refractivity contribution in [2.45, 2.75) is 32.5 Å². The van der Waals surface area contributed by atoms with E-state index in [0.29, 0.717) is 24.7 Å². The summed E-state index contributed by atoms with van der Waals surface area (Å²) < 4.78 is 27.4. The van der Waals surface area contributed by atoms with E-state index in [-0.39, 0.29) is 36.9 Å². The molecule has 8 nitrogen and oxygen atoms in total. The molecule has 0 unspecified atom stereocenters. The normalized spacial score (nSPS) is 17.6. The van der Waals surface area contributed by atoms with Crippen molar-refractivity contribution in [2.24, 2.45) is 0 Å². The third-order valence-electron chi connectivity index (χ3n) is 4.31. The SMILES string of the molecule is Cc1nc(CNC(=O)C[C@@H]2C(=O)NCCN2Cc2cccc(F)c2F)n[nH]1. The Morgan fingerprint density at radius 3 is 2.96 bits per heavy atom. The summed E-state index contributed by atoms with van der Waals surface area (Å²) in [7, 11) is 0. The molecule has 2 heterocycles. The largest absolute Gasteiger partial charge is 0.353 e. The highest BCUT2D eigenvalue weighted by Crippen LogP contribution is 2.18. The van der Waals surface area contributed by atoms with E-state index in [1.165, 1.54) is 12.1 Å². The highest BCUT2D eigenvalue weighted by atomic mass is 19.2. The van der Waals surface area contributed by atoms with Gasteiger partial charge in [-0.3, -0.25) is 19.6 Å². The number of hydrogen-bond acceptors (Lipinski definition) is 5. The summed E-state index contributed by atoms with van der Waals surface area (Å²) in [6.45, 7) is 2.73. The third kappa shape index (κ3) is 4.64. The van der Waals surface area contributed by atoms with Crippen LogP contribution in [-0.2, 0) is 22.7 Å². The van der Waals surface area contributed by atoms with Gasteiger partial charge in [-0.2, -0.15) is 5.10 Å². The Balaban J connectivity index is 1.64. The molecule has 1 aromatic carbocycles. The van der Waals surface area contributed by atoms with E-state index < -0.39 is 17.7 Å². The van der Waals surface area contributed by atoms with Gasteiger partial charge in [-0.1, -0.05) is 12.1 Å². The molecule has 1 saturated heterocycles. The molecule has 10 heteroatoms. The molecule has 1 aromatic heterocycles. The Kier molecular flexibility index (Phi) is 5.75. The first-order valence-corrected chi connectivity index (χ1v) is 8.53. The molecule has 3 rings (SSSR count). The van der Waals surface area contributed by atoms with Crippen LogP contribution in [0.1, 0.15) is 23.6 Å². The number of nitrogens with one attached hydrogen (secondary N) is 3. The molecule has 27 heavy (non-hydrogen) atoms. The smallest absolute Gasteiger partial charge is 0.237 e. The maximum atomic E-state index is 14.0. The van der Waals surface area contributed by atoms with Crippen molar-refractivity contribution in [3.63, 3.8) is 0 Å². The van der Waals surface area contributed by atoms with Crippen LogP contribution in [0.3, 0.4) is 0 Å². The predicted octanol–water partition coefficient (Wildman–Crippen LogP) is 0.398. The van der Waals surface area contributed by atoms with Crippen LogP contribution in [0.2, 0.25) is 0 Å². The van der Waals surface area contributed by atoms with Crippen LogP contribution in [0, 0.1) is 18.6 Å². The van der Waals surface area contributed by atoms with Crippen LogP contribution >= 0.6 is 0 Å². The minimum Gasteiger partial charge on any atom is -0.353 e. The van der Waals surface area contributed by atoms with Gasteiger partial charge in [0.15, 0.2) is 17.5 Å². The van der Waals surface area contributed by atoms with Gasteiger partial charge in [-0.15, -0.1) is 0 Å². The number of amides is 2. The molecule has 0 aliphatic carbocycles. The fraction of sp³-hybridized carbons (Fsp3) is 0.412. The summed E-state index contributed by atoms with van der Waals surface area (Å²) in [6.07, 6.45) is -0.105. The van der Waals surface area contributed by atoms with Gasteiger partial charge in [0.05, 0.1) is 19.0 Å². The maximum Gasteiger partial charge on any atom is 0.237 e. The Hall–Kier alpha value is -2.88. The molecule has 2 amide bonds. The number of hydrogen-bond donors (Lipinski definition) is 3. The lowest BCUT2D eigenvalue weighted by atomic mass is 10.1. The van der Waals surface area contributed by atoms with Crippen LogP contribution < -0.4 is 10.6 Å². The van der Waals surface area contributed by atoms with Crippen molar-refractivity contribution >= 4 is 11.8 Å². The van der Waals surface area contributed by atoms with Gasteiger partial charge < -0.3 is 10.6 Å². The first-order chi connectivity index (χ1) is 12.9. The topological polar surface area (TPSA) is 103 Å². The number of H-pyrrole nitrogens is 1. The number of aryl methyl sites for hydroxylation is 1. The van der Waals surface area contributed by atoms with Gasteiger partial charge in [0.25, 0.3) is 0 Å². The monoisotopic (exact) mass is 378 g/mol. The summed E-state index contributed by atoms with van der Waals surface area (Å²) in [4.78, 5) is 30.2. The van der Waals surface area contributed by atoms with Crippen molar-refractivity contribution in [2.75, 3.05) is 13.1 Å². The zero-order chi connectivity index (χ0) is 19.4. The highest BCUT2D eigenvalue weighted by Gasteiger charge is 2.32. The second-order valence-electron chi connectivity index (χ2n) is 6.31. The van der Waals surface area contributed by atoms with E-state index in [9.17, 15) is 18.4 Å². The number of benzene rings is 1. The number of rotatable bonds is 6. The molecule has 2 aromatic rings. The fourth-order valence-electron chi connectivity index (χ4n) is 2.96. The predicted molar refractivity (Wildman–Crippen MR) is 91.1 cm³/mol. The molecule has 0 bridgehead atoms. The molecule has 0 radical (unpaired) electrons. The summed E-state index contributed by atoms with van der Waals surface area (Å²) in [5.74, 6) is -1.48. The molecule has 3 N–H and O–H groups in total. The minimum absolute atomic E-state index is 0.0368. The third-order valence-corrected chi connectivity index (χ3v) is 4.31. The Morgan fingerprint density at radius 1 is 1.41 bits per heavy atom. The number of aromatic amines is 1. The minimum atomic E-state index is -0.940. The number of nitrogens with zero attached hydrogens (tertiary/aromatic N) is 3. The number of piperazine rings is 1. The summed E-state index contributed by atoms with van der Waals surface area (Å²) in [5, 5.41) is 12.0. The zero-order valence-electron chi connectivity index (χ0n) is 14.8. The van der Waals surface area contributed by atoms with Crippen LogP contribution in [0.5, 0.6) is 0 Å². The number of carbonyl (C=O) groups is 2. The van der Waals surface area contributed by atoms with E-state index in [4.69, 9.17) is 0 Å². The van der Waals surface area contributed by atoms with Gasteiger partial charge in [0.1, 0.15) is 5.82 Å². The fourth-order valence-corrected chi connectivity index (χ4v) is 2.96. The van der Waals surface area contributed by atoms with Crippen molar-refractivity contribution in [1.29, 1.82) is 0 Å². The molecular formula is C17H20F2N6O2. The van der Waals surface area contributed by atoms with E-state index in [2.05, 4.69) is 25.8 Å². The summed E-state index contributed by atoms with van der Waals surface area (Å²) in [5.41, 5.74) is 0.145. The van der Waals surface area contributed by atoms with Crippen LogP contribution in [0.4, 0.5) is 8.78 Å². The van der Waals surface area contributed by atoms with Gasteiger partial charge in [-0.25, -0.2) is 13.8 Å². The summed E-state index contributed by atoms with van der Waals surface area (Å²) in [6, 6.07) is 3.15. The lowest BCUT2D eigenvalue weighted by Crippen LogP contribution is -2.56. The quantitative estimate of drug-likeness (QED) is 0.675. The lowest BCUT2D eigenvalue weighted by molar-refractivity contribution is -0.134. The molecule has 0 saturated carbocycles. The standard InChI is InChI=1S/C17H20F2N6O2/c1-10-22-14(24-23-10)8-21-15(26)7-13-17(27)20-5-6-25(13)9-11-3-2-4-12(18)16(11)19/h2-4,13H,5-9H2,1H3,(H,20,27)(H,21,26)(H,22,23,24)/t13-/m1/s1. The Bertz CT molecular complexity index is 841. The van der Waals surface area contributed by atoms with Crippen molar-refractivity contribution in [1.82, 2.24) is 30.7 Å². The van der Waals surface area contributed by atoms with Crippen molar-refractivity contribution in [3.8, 4) is 0 Å². The Morgan fingerprint density at radius 2 is 2.22 bits per heavy atom. The first-order valence-electron chi connectivity index (χ1n) is 8.53. The maximum absolute atomic E-state index is 14.0. The van der Waals surface area contributed by atoms with E-state index >= 15 is 0 Å². The van der Waals surface area contributed by atoms with Gasteiger partial charge >= 0.3 is 0 Å². The number of halogens is 2. The Labute approximate surface area is 154 Å². The average Bonchev–Trinajstić information content (AvgIpc) is 3.05. The van der Waals surface area contributed by atoms with Gasteiger partial charge in [0, 0.05) is 25.2 Å². The van der Waals surface area contributed by atoms with Crippen LogP contribution in [0.25, 0.3) is 0 Å².